The molecule has 2 N–H and O–H groups in total. The summed E-state index contributed by atoms with van der Waals surface area (Å²) in [7, 11) is 0. The van der Waals surface area contributed by atoms with Crippen LogP contribution in [0.4, 0.5) is 8.78 Å². The van der Waals surface area contributed by atoms with Gasteiger partial charge in [0, 0.05) is 23.5 Å². The van der Waals surface area contributed by atoms with Gasteiger partial charge in [0.1, 0.15) is 11.6 Å². The van der Waals surface area contributed by atoms with Gasteiger partial charge in [0.25, 0.3) is 0 Å². The van der Waals surface area contributed by atoms with Crippen molar-refractivity contribution < 1.29 is 18.6 Å². The fraction of sp³-hybridized carbons (Fsp3) is 0.333. The van der Waals surface area contributed by atoms with Crippen molar-refractivity contribution in [2.75, 3.05) is 13.2 Å². The van der Waals surface area contributed by atoms with Gasteiger partial charge in [-0.1, -0.05) is 6.07 Å². The number of aliphatic hydroxyl groups excluding tert-OH is 1. The average Bonchev–Trinajstić information content (AvgIpc) is 2.96. The summed E-state index contributed by atoms with van der Waals surface area (Å²) in [5.41, 5.74) is 0.238. The lowest BCUT2D eigenvalue weighted by Gasteiger charge is -2.12. The Kier molecular flexibility index (Phi) is 6.25. The van der Waals surface area contributed by atoms with Crippen LogP contribution >= 0.6 is 11.3 Å². The Labute approximate surface area is 126 Å². The highest BCUT2D eigenvalue weighted by atomic mass is 32.1. The van der Waals surface area contributed by atoms with Gasteiger partial charge in [-0.3, -0.25) is 0 Å². The smallest absolute Gasteiger partial charge is 0.127 e. The molecule has 114 valence electrons. The molecule has 6 heteroatoms. The van der Waals surface area contributed by atoms with Crippen LogP contribution in [0.25, 0.3) is 0 Å². The molecule has 21 heavy (non-hydrogen) atoms. The quantitative estimate of drug-likeness (QED) is 0.787. The zero-order chi connectivity index (χ0) is 15.1. The van der Waals surface area contributed by atoms with Crippen molar-refractivity contribution in [3.05, 3.63) is 57.8 Å². The van der Waals surface area contributed by atoms with Gasteiger partial charge in [0.2, 0.25) is 0 Å². The van der Waals surface area contributed by atoms with E-state index in [2.05, 4.69) is 5.32 Å². The Bertz CT molecular complexity index is 549. The summed E-state index contributed by atoms with van der Waals surface area (Å²) in [6.45, 7) is 1.07. The lowest BCUT2D eigenvalue weighted by Crippen LogP contribution is -2.30. The predicted molar refractivity (Wildman–Crippen MR) is 78.0 cm³/mol. The first-order chi connectivity index (χ1) is 10.1. The highest BCUT2D eigenvalue weighted by Crippen LogP contribution is 2.10. The Morgan fingerprint density at radius 2 is 2.14 bits per heavy atom. The molecular weight excluding hydrogens is 296 g/mol. The molecule has 0 aliphatic rings. The first kappa shape index (κ1) is 16.0. The van der Waals surface area contributed by atoms with Gasteiger partial charge in [-0.2, -0.15) is 0 Å². The summed E-state index contributed by atoms with van der Waals surface area (Å²) in [5.74, 6) is -0.944. The van der Waals surface area contributed by atoms with E-state index in [1.165, 1.54) is 0 Å². The van der Waals surface area contributed by atoms with Crippen LogP contribution in [0.3, 0.4) is 0 Å². The number of halogens is 2. The molecule has 1 unspecified atom stereocenters. The minimum atomic E-state index is -0.693. The molecule has 2 rings (SSSR count). The molecular formula is C15H17F2NO2S. The van der Waals surface area contributed by atoms with Gasteiger partial charge < -0.3 is 15.2 Å². The highest BCUT2D eigenvalue weighted by molar-refractivity contribution is 7.09. The van der Waals surface area contributed by atoms with Gasteiger partial charge in [0.15, 0.2) is 0 Å². The summed E-state index contributed by atoms with van der Waals surface area (Å²) in [6, 6.07) is 7.21. The second-order valence-electron chi connectivity index (χ2n) is 4.61. The molecule has 0 saturated carbocycles. The van der Waals surface area contributed by atoms with E-state index in [1.54, 1.807) is 11.3 Å². The number of thiophene rings is 1. The van der Waals surface area contributed by atoms with Crippen molar-refractivity contribution in [1.82, 2.24) is 5.32 Å². The predicted octanol–water partition coefficient (Wildman–Crippen LogP) is 2.69. The summed E-state index contributed by atoms with van der Waals surface area (Å²) in [4.78, 5) is 1.09. The summed E-state index contributed by atoms with van der Waals surface area (Å²) < 4.78 is 31.7. The van der Waals surface area contributed by atoms with Crippen LogP contribution < -0.4 is 5.32 Å². The van der Waals surface area contributed by atoms with Crippen LogP contribution in [0.5, 0.6) is 0 Å². The topological polar surface area (TPSA) is 41.5 Å². The van der Waals surface area contributed by atoms with Gasteiger partial charge in [-0.15, -0.1) is 11.3 Å². The summed E-state index contributed by atoms with van der Waals surface area (Å²) >= 11 is 1.59. The molecule has 1 atom stereocenters. The van der Waals surface area contributed by atoms with Crippen molar-refractivity contribution >= 4 is 11.3 Å². The third-order valence-corrected chi connectivity index (χ3v) is 3.69. The number of hydrogen-bond donors (Lipinski definition) is 2. The summed E-state index contributed by atoms with van der Waals surface area (Å²) in [5, 5.41) is 14.6. The number of nitrogens with one attached hydrogen (secondary N) is 1. The fourth-order valence-corrected chi connectivity index (χ4v) is 2.44. The number of ether oxygens (including phenoxy) is 1. The van der Waals surface area contributed by atoms with Crippen molar-refractivity contribution in [1.29, 1.82) is 0 Å². The Morgan fingerprint density at radius 3 is 2.90 bits per heavy atom. The van der Waals surface area contributed by atoms with Crippen LogP contribution in [0.1, 0.15) is 10.4 Å². The second-order valence-corrected chi connectivity index (χ2v) is 5.65. The van der Waals surface area contributed by atoms with E-state index in [4.69, 9.17) is 4.74 Å². The maximum Gasteiger partial charge on any atom is 0.127 e. The molecule has 0 aliphatic heterocycles. The number of hydrogen-bond acceptors (Lipinski definition) is 4. The number of benzene rings is 1. The molecule has 0 radical (unpaired) electrons. The molecule has 0 bridgehead atoms. The standard InChI is InChI=1S/C15H17F2NO2S/c16-12-3-4-15(17)11(6-12)7-18-8-13(19)9-20-10-14-2-1-5-21-14/h1-6,13,18-19H,7-10H2. The Balaban J connectivity index is 1.64. The molecule has 0 saturated heterocycles. The van der Waals surface area contributed by atoms with E-state index in [0.717, 1.165) is 23.1 Å². The van der Waals surface area contributed by atoms with Crippen LogP contribution in [-0.4, -0.2) is 24.4 Å². The van der Waals surface area contributed by atoms with Crippen LogP contribution in [0.2, 0.25) is 0 Å². The van der Waals surface area contributed by atoms with Crippen molar-refractivity contribution in [2.24, 2.45) is 0 Å². The largest absolute Gasteiger partial charge is 0.389 e. The van der Waals surface area contributed by atoms with Gasteiger partial charge >= 0.3 is 0 Å². The van der Waals surface area contributed by atoms with E-state index in [0.29, 0.717) is 6.61 Å². The van der Waals surface area contributed by atoms with Gasteiger partial charge in [-0.05, 0) is 29.6 Å². The van der Waals surface area contributed by atoms with Gasteiger partial charge in [-0.25, -0.2) is 8.78 Å². The van der Waals surface area contributed by atoms with Crippen LogP contribution in [0.15, 0.2) is 35.7 Å². The minimum Gasteiger partial charge on any atom is -0.389 e. The third kappa shape index (κ3) is 5.51. The van der Waals surface area contributed by atoms with Gasteiger partial charge in [0.05, 0.1) is 19.3 Å². The maximum absolute atomic E-state index is 13.4. The molecule has 2 aromatic rings. The Hall–Kier alpha value is -1.34. The molecule has 1 heterocycles. The third-order valence-electron chi connectivity index (χ3n) is 2.84. The maximum atomic E-state index is 13.4. The zero-order valence-corrected chi connectivity index (χ0v) is 12.2. The average molecular weight is 313 g/mol. The molecule has 0 fully saturated rings. The molecule has 1 aromatic carbocycles. The van der Waals surface area contributed by atoms with E-state index in [-0.39, 0.29) is 25.3 Å². The van der Waals surface area contributed by atoms with E-state index >= 15 is 0 Å². The summed E-state index contributed by atoms with van der Waals surface area (Å²) in [6.07, 6.45) is -0.693. The monoisotopic (exact) mass is 313 g/mol. The number of aliphatic hydroxyl groups is 1. The van der Waals surface area contributed by atoms with E-state index in [1.807, 2.05) is 17.5 Å². The van der Waals surface area contributed by atoms with Crippen LogP contribution in [-0.2, 0) is 17.9 Å². The lowest BCUT2D eigenvalue weighted by molar-refractivity contribution is 0.0297. The molecule has 1 aromatic heterocycles. The number of rotatable bonds is 8. The molecule has 0 spiro atoms. The van der Waals surface area contributed by atoms with Crippen LogP contribution in [0, 0.1) is 11.6 Å². The van der Waals surface area contributed by atoms with E-state index < -0.39 is 17.7 Å². The first-order valence-corrected chi connectivity index (χ1v) is 7.46. The second kappa shape index (κ2) is 8.19. The Morgan fingerprint density at radius 1 is 1.29 bits per heavy atom. The first-order valence-electron chi connectivity index (χ1n) is 6.58. The minimum absolute atomic E-state index is 0.158. The molecule has 3 nitrogen and oxygen atoms in total. The lowest BCUT2D eigenvalue weighted by atomic mass is 10.2. The fourth-order valence-electron chi connectivity index (χ4n) is 1.80. The van der Waals surface area contributed by atoms with Crippen molar-refractivity contribution in [2.45, 2.75) is 19.3 Å². The zero-order valence-electron chi connectivity index (χ0n) is 11.4. The highest BCUT2D eigenvalue weighted by Gasteiger charge is 2.07. The van der Waals surface area contributed by atoms with Crippen molar-refractivity contribution in [3.8, 4) is 0 Å². The van der Waals surface area contributed by atoms with E-state index in [9.17, 15) is 13.9 Å². The SMILES string of the molecule is OC(CNCc1cc(F)ccc1F)COCc1cccs1. The molecule has 0 amide bonds. The normalized spacial score (nSPS) is 12.5. The van der Waals surface area contributed by atoms with Crippen molar-refractivity contribution in [3.63, 3.8) is 0 Å². The molecule has 0 aliphatic carbocycles.